The summed E-state index contributed by atoms with van der Waals surface area (Å²) in [5.74, 6) is 0.224. The Labute approximate surface area is 127 Å². The predicted molar refractivity (Wildman–Crippen MR) is 79.2 cm³/mol. The van der Waals surface area contributed by atoms with Crippen molar-refractivity contribution in [2.45, 2.75) is 19.4 Å². The number of morpholine rings is 1. The molecule has 0 aromatic carbocycles. The van der Waals surface area contributed by atoms with Crippen LogP contribution >= 0.6 is 0 Å². The molecule has 0 saturated carbocycles. The topological polar surface area (TPSA) is 51.2 Å². The monoisotopic (exact) mass is 300 g/mol. The second-order valence-corrected chi connectivity index (χ2v) is 6.27. The van der Waals surface area contributed by atoms with Crippen molar-refractivity contribution in [1.29, 1.82) is 0 Å². The van der Waals surface area contributed by atoms with Gasteiger partial charge in [0.15, 0.2) is 0 Å². The highest BCUT2D eigenvalue weighted by molar-refractivity contribution is 5.78. The maximum atomic E-state index is 12.3. The third-order valence-corrected chi connectivity index (χ3v) is 4.09. The van der Waals surface area contributed by atoms with E-state index in [1.165, 1.54) is 0 Å². The molecule has 0 bridgehead atoms. The van der Waals surface area contributed by atoms with Gasteiger partial charge in [-0.3, -0.25) is 9.69 Å². The first-order valence-corrected chi connectivity index (χ1v) is 7.78. The van der Waals surface area contributed by atoms with Gasteiger partial charge < -0.3 is 19.1 Å². The van der Waals surface area contributed by atoms with Crippen molar-refractivity contribution >= 4 is 5.91 Å². The second-order valence-electron chi connectivity index (χ2n) is 6.27. The highest BCUT2D eigenvalue weighted by Gasteiger charge is 2.41. The molecule has 1 spiro atoms. The Morgan fingerprint density at radius 2 is 2.10 bits per heavy atom. The van der Waals surface area contributed by atoms with Crippen LogP contribution in [0.1, 0.15) is 13.8 Å². The molecule has 1 amide bonds. The molecular formula is C15H28N2O4. The van der Waals surface area contributed by atoms with E-state index in [-0.39, 0.29) is 11.8 Å². The van der Waals surface area contributed by atoms with Crippen molar-refractivity contribution in [2.75, 3.05) is 66.3 Å². The van der Waals surface area contributed by atoms with Gasteiger partial charge in [-0.25, -0.2) is 0 Å². The van der Waals surface area contributed by atoms with E-state index in [0.717, 1.165) is 19.6 Å². The first-order valence-electron chi connectivity index (χ1n) is 7.78. The molecule has 6 nitrogen and oxygen atoms in total. The number of carbonyl (C=O) groups is 1. The van der Waals surface area contributed by atoms with Crippen molar-refractivity contribution in [3.63, 3.8) is 0 Å². The van der Waals surface area contributed by atoms with Crippen molar-refractivity contribution < 1.29 is 19.0 Å². The average Bonchev–Trinajstić information content (AvgIpc) is 2.66. The van der Waals surface area contributed by atoms with Crippen LogP contribution in [0.2, 0.25) is 0 Å². The fraction of sp³-hybridized carbons (Fsp3) is 0.933. The summed E-state index contributed by atoms with van der Waals surface area (Å²) < 4.78 is 17.0. The fourth-order valence-corrected chi connectivity index (χ4v) is 2.98. The van der Waals surface area contributed by atoms with Gasteiger partial charge in [0, 0.05) is 39.2 Å². The zero-order valence-electron chi connectivity index (χ0n) is 13.5. The molecule has 2 aliphatic heterocycles. The van der Waals surface area contributed by atoms with Crippen molar-refractivity contribution in [3.8, 4) is 0 Å². The van der Waals surface area contributed by atoms with Gasteiger partial charge in [0.1, 0.15) is 5.60 Å². The summed E-state index contributed by atoms with van der Waals surface area (Å²) in [5.41, 5.74) is -0.396. The molecule has 0 radical (unpaired) electrons. The first-order chi connectivity index (χ1) is 10.1. The van der Waals surface area contributed by atoms with E-state index < -0.39 is 5.60 Å². The maximum Gasteiger partial charge on any atom is 0.225 e. The van der Waals surface area contributed by atoms with Gasteiger partial charge in [-0.2, -0.15) is 0 Å². The summed E-state index contributed by atoms with van der Waals surface area (Å²) in [5, 5.41) is 0. The minimum Gasteiger partial charge on any atom is -0.383 e. The number of methoxy groups -OCH3 is 1. The highest BCUT2D eigenvalue weighted by Crippen LogP contribution is 2.23. The first kappa shape index (κ1) is 16.7. The molecule has 6 heteroatoms. The van der Waals surface area contributed by atoms with Gasteiger partial charge in [0.2, 0.25) is 5.91 Å². The SMILES string of the molecule is COCCN1CCOCC2(C1)CN(C(=O)C(C)C)CCO2. The van der Waals surface area contributed by atoms with E-state index >= 15 is 0 Å². The zero-order valence-corrected chi connectivity index (χ0v) is 13.5. The zero-order chi connectivity index (χ0) is 15.3. The van der Waals surface area contributed by atoms with Crippen molar-refractivity contribution in [2.24, 2.45) is 5.92 Å². The Balaban J connectivity index is 2.02. The molecule has 122 valence electrons. The van der Waals surface area contributed by atoms with Crippen LogP contribution in [0.4, 0.5) is 0 Å². The van der Waals surface area contributed by atoms with Crippen LogP contribution in [0.25, 0.3) is 0 Å². The van der Waals surface area contributed by atoms with Crippen LogP contribution in [-0.2, 0) is 19.0 Å². The smallest absolute Gasteiger partial charge is 0.225 e. The summed E-state index contributed by atoms with van der Waals surface area (Å²) in [6.07, 6.45) is 0. The van der Waals surface area contributed by atoms with Gasteiger partial charge >= 0.3 is 0 Å². The third kappa shape index (κ3) is 4.39. The number of rotatable bonds is 4. The van der Waals surface area contributed by atoms with E-state index in [0.29, 0.717) is 39.5 Å². The molecule has 0 aromatic heterocycles. The summed E-state index contributed by atoms with van der Waals surface area (Å²) in [6, 6.07) is 0. The molecule has 2 heterocycles. The van der Waals surface area contributed by atoms with Gasteiger partial charge in [0.05, 0.1) is 33.0 Å². The van der Waals surface area contributed by atoms with Gasteiger partial charge in [-0.05, 0) is 0 Å². The molecule has 1 unspecified atom stereocenters. The average molecular weight is 300 g/mol. The molecule has 0 N–H and O–H groups in total. The fourth-order valence-electron chi connectivity index (χ4n) is 2.98. The molecule has 21 heavy (non-hydrogen) atoms. The molecule has 1 atom stereocenters. The summed E-state index contributed by atoms with van der Waals surface area (Å²) in [7, 11) is 1.71. The van der Waals surface area contributed by atoms with Gasteiger partial charge in [0.25, 0.3) is 0 Å². The highest BCUT2D eigenvalue weighted by atomic mass is 16.5. The summed E-state index contributed by atoms with van der Waals surface area (Å²) in [6.45, 7) is 10.3. The maximum absolute atomic E-state index is 12.3. The molecule has 0 aromatic rings. The Morgan fingerprint density at radius 3 is 2.81 bits per heavy atom. The van der Waals surface area contributed by atoms with Crippen LogP contribution < -0.4 is 0 Å². The minimum atomic E-state index is -0.396. The number of ether oxygens (including phenoxy) is 3. The van der Waals surface area contributed by atoms with Crippen LogP contribution in [0.3, 0.4) is 0 Å². The predicted octanol–water partition coefficient (Wildman–Crippen LogP) is 0.219. The summed E-state index contributed by atoms with van der Waals surface area (Å²) >= 11 is 0. The van der Waals surface area contributed by atoms with Crippen LogP contribution in [-0.4, -0.2) is 87.6 Å². The lowest BCUT2D eigenvalue weighted by Gasteiger charge is -2.43. The molecule has 0 aliphatic carbocycles. The molecule has 2 aliphatic rings. The molecule has 2 saturated heterocycles. The molecular weight excluding hydrogens is 272 g/mol. The number of hydrogen-bond donors (Lipinski definition) is 0. The Hall–Kier alpha value is -0.690. The van der Waals surface area contributed by atoms with Gasteiger partial charge in [-0.1, -0.05) is 13.8 Å². The van der Waals surface area contributed by atoms with Crippen molar-refractivity contribution in [1.82, 2.24) is 9.80 Å². The summed E-state index contributed by atoms with van der Waals surface area (Å²) in [4.78, 5) is 16.5. The van der Waals surface area contributed by atoms with Crippen LogP contribution in [0.5, 0.6) is 0 Å². The molecule has 2 fully saturated rings. The van der Waals surface area contributed by atoms with Crippen molar-refractivity contribution in [3.05, 3.63) is 0 Å². The Morgan fingerprint density at radius 1 is 1.29 bits per heavy atom. The minimum absolute atomic E-state index is 0.0245. The number of hydrogen-bond acceptors (Lipinski definition) is 5. The third-order valence-electron chi connectivity index (χ3n) is 4.09. The van der Waals surface area contributed by atoms with E-state index in [2.05, 4.69) is 4.90 Å². The van der Waals surface area contributed by atoms with Gasteiger partial charge in [-0.15, -0.1) is 0 Å². The lowest BCUT2D eigenvalue weighted by atomic mass is 10.0. The standard InChI is InChI=1S/C15H28N2O4/c1-13(2)14(18)17-6-9-21-15(11-17)10-16(4-7-19-3)5-8-20-12-15/h13H,4-12H2,1-3H3. The number of nitrogens with zero attached hydrogens (tertiary/aromatic N) is 2. The number of carbonyl (C=O) groups excluding carboxylic acids is 1. The number of amides is 1. The lowest BCUT2D eigenvalue weighted by molar-refractivity contribution is -0.164. The quantitative estimate of drug-likeness (QED) is 0.743. The lowest BCUT2D eigenvalue weighted by Crippen LogP contribution is -2.60. The van der Waals surface area contributed by atoms with Crippen LogP contribution in [0.15, 0.2) is 0 Å². The van der Waals surface area contributed by atoms with E-state index in [9.17, 15) is 4.79 Å². The van der Waals surface area contributed by atoms with Crippen LogP contribution in [0, 0.1) is 5.92 Å². The Kier molecular flexibility index (Phi) is 5.98. The molecule has 2 rings (SSSR count). The van der Waals surface area contributed by atoms with E-state index in [1.807, 2.05) is 18.7 Å². The van der Waals surface area contributed by atoms with E-state index in [1.54, 1.807) is 7.11 Å². The van der Waals surface area contributed by atoms with E-state index in [4.69, 9.17) is 14.2 Å². The largest absolute Gasteiger partial charge is 0.383 e. The Bertz CT molecular complexity index is 351. The normalized spacial score (nSPS) is 28.1. The second kappa shape index (κ2) is 7.54.